The predicted molar refractivity (Wildman–Crippen MR) is 122 cm³/mol. The van der Waals surface area contributed by atoms with Gasteiger partial charge in [0.25, 0.3) is 0 Å². The third kappa shape index (κ3) is 8.48. The summed E-state index contributed by atoms with van der Waals surface area (Å²) in [5, 5.41) is 5.97. The molecular weight excluding hydrogens is 549 g/mol. The van der Waals surface area contributed by atoms with Crippen LogP contribution >= 0.6 is 24.0 Å². The highest BCUT2D eigenvalue weighted by Crippen LogP contribution is 2.29. The van der Waals surface area contributed by atoms with Crippen molar-refractivity contribution in [3.05, 3.63) is 47.5 Å². The lowest BCUT2D eigenvalue weighted by Gasteiger charge is -2.16. The second-order valence-electron chi connectivity index (χ2n) is 6.00. The minimum absolute atomic E-state index is 0. The molecule has 2 rings (SSSR count). The van der Waals surface area contributed by atoms with Gasteiger partial charge in [-0.1, -0.05) is 6.07 Å². The molecule has 0 saturated carbocycles. The minimum atomic E-state index is -2.99. The average Bonchev–Trinajstić information content (AvgIpc) is 2.74. The number of methoxy groups -OCH3 is 2. The quantitative estimate of drug-likeness (QED) is 0.190. The highest BCUT2D eigenvalue weighted by Gasteiger charge is 2.13. The van der Waals surface area contributed by atoms with Crippen LogP contribution in [0.1, 0.15) is 11.1 Å². The van der Waals surface area contributed by atoms with Crippen molar-refractivity contribution in [1.82, 2.24) is 10.6 Å². The lowest BCUT2D eigenvalue weighted by Crippen LogP contribution is -2.36. The molecule has 0 heterocycles. The molecule has 2 aromatic carbocycles. The number of nitrogens with one attached hydrogen (secondary N) is 2. The van der Waals surface area contributed by atoms with Crippen molar-refractivity contribution in [3.8, 4) is 23.0 Å². The van der Waals surface area contributed by atoms with Gasteiger partial charge in [0.1, 0.15) is 11.5 Å². The summed E-state index contributed by atoms with van der Waals surface area (Å²) in [4.78, 5) is 4.05. The second kappa shape index (κ2) is 13.7. The van der Waals surface area contributed by atoms with Crippen molar-refractivity contribution < 1.29 is 36.5 Å². The number of guanidine groups is 1. The molecule has 0 aliphatic heterocycles. The van der Waals surface area contributed by atoms with Crippen molar-refractivity contribution in [2.24, 2.45) is 4.99 Å². The SMILES string of the molecule is CN=C(NCc1ccc(OC)c(OC(F)F)c1)NCc1cc(OC)ccc1OC(F)F.I. The first-order valence-electron chi connectivity index (χ1n) is 9.04. The van der Waals surface area contributed by atoms with Gasteiger partial charge in [-0.15, -0.1) is 24.0 Å². The molecule has 0 radical (unpaired) electrons. The fourth-order valence-electron chi connectivity index (χ4n) is 2.64. The first-order valence-corrected chi connectivity index (χ1v) is 9.04. The normalized spacial score (nSPS) is 11.1. The molecule has 0 atom stereocenters. The summed E-state index contributed by atoms with van der Waals surface area (Å²) < 4.78 is 69.6. The summed E-state index contributed by atoms with van der Waals surface area (Å²) in [6.45, 7) is -5.62. The molecule has 0 bridgehead atoms. The van der Waals surface area contributed by atoms with Crippen LogP contribution in [-0.4, -0.2) is 40.4 Å². The van der Waals surface area contributed by atoms with Crippen LogP contribution in [0.25, 0.3) is 0 Å². The van der Waals surface area contributed by atoms with E-state index in [4.69, 9.17) is 9.47 Å². The number of ether oxygens (including phenoxy) is 4. The van der Waals surface area contributed by atoms with Gasteiger partial charge in [-0.2, -0.15) is 17.6 Å². The fraction of sp³-hybridized carbons (Fsp3) is 0.350. The maximum Gasteiger partial charge on any atom is 0.387 e. The van der Waals surface area contributed by atoms with Crippen molar-refractivity contribution in [3.63, 3.8) is 0 Å². The Morgan fingerprint density at radius 3 is 2.06 bits per heavy atom. The third-order valence-corrected chi connectivity index (χ3v) is 4.06. The second-order valence-corrected chi connectivity index (χ2v) is 6.00. The van der Waals surface area contributed by atoms with E-state index in [9.17, 15) is 17.6 Å². The van der Waals surface area contributed by atoms with Crippen LogP contribution in [0.4, 0.5) is 17.6 Å². The highest BCUT2D eigenvalue weighted by atomic mass is 127. The van der Waals surface area contributed by atoms with Crippen LogP contribution in [-0.2, 0) is 13.1 Å². The highest BCUT2D eigenvalue weighted by molar-refractivity contribution is 14.0. The Bertz CT molecular complexity index is 888. The molecule has 32 heavy (non-hydrogen) atoms. The molecule has 2 aromatic rings. The van der Waals surface area contributed by atoms with E-state index in [0.717, 1.165) is 0 Å². The molecule has 0 spiro atoms. The fourth-order valence-corrected chi connectivity index (χ4v) is 2.64. The van der Waals surface area contributed by atoms with Gasteiger partial charge in [-0.3, -0.25) is 4.99 Å². The number of hydrogen-bond acceptors (Lipinski definition) is 5. The van der Waals surface area contributed by atoms with E-state index >= 15 is 0 Å². The molecule has 0 unspecified atom stereocenters. The summed E-state index contributed by atoms with van der Waals surface area (Å²) in [6, 6.07) is 9.07. The van der Waals surface area contributed by atoms with Gasteiger partial charge in [-0.25, -0.2) is 0 Å². The smallest absolute Gasteiger partial charge is 0.387 e. The molecule has 178 valence electrons. The predicted octanol–water partition coefficient (Wildman–Crippen LogP) is 4.39. The van der Waals surface area contributed by atoms with E-state index in [0.29, 0.717) is 22.8 Å². The topological polar surface area (TPSA) is 73.3 Å². The molecular formula is C20H24F4IN3O4. The van der Waals surface area contributed by atoms with Crippen molar-refractivity contribution in [1.29, 1.82) is 0 Å². The monoisotopic (exact) mass is 573 g/mol. The Kier molecular flexibility index (Phi) is 11.7. The summed E-state index contributed by atoms with van der Waals surface area (Å²) in [7, 11) is 4.33. The largest absolute Gasteiger partial charge is 0.497 e. The zero-order chi connectivity index (χ0) is 22.8. The van der Waals surface area contributed by atoms with Crippen LogP contribution in [0.5, 0.6) is 23.0 Å². The Balaban J connectivity index is 0.00000512. The minimum Gasteiger partial charge on any atom is -0.497 e. The van der Waals surface area contributed by atoms with Crippen LogP contribution in [0.3, 0.4) is 0 Å². The molecule has 0 amide bonds. The van der Waals surface area contributed by atoms with Crippen LogP contribution < -0.4 is 29.6 Å². The lowest BCUT2D eigenvalue weighted by atomic mass is 10.2. The zero-order valence-corrected chi connectivity index (χ0v) is 19.9. The maximum absolute atomic E-state index is 12.6. The van der Waals surface area contributed by atoms with E-state index < -0.39 is 13.2 Å². The number of hydrogen-bond donors (Lipinski definition) is 2. The third-order valence-electron chi connectivity index (χ3n) is 4.06. The van der Waals surface area contributed by atoms with E-state index in [-0.39, 0.29) is 54.3 Å². The first-order chi connectivity index (χ1) is 14.9. The van der Waals surface area contributed by atoms with Gasteiger partial charge in [0.2, 0.25) is 0 Å². The number of benzene rings is 2. The van der Waals surface area contributed by atoms with Gasteiger partial charge in [-0.05, 0) is 35.9 Å². The van der Waals surface area contributed by atoms with E-state index in [2.05, 4.69) is 25.1 Å². The number of rotatable bonds is 10. The van der Waals surface area contributed by atoms with Gasteiger partial charge >= 0.3 is 13.2 Å². The average molecular weight is 573 g/mol. The van der Waals surface area contributed by atoms with E-state index in [1.54, 1.807) is 12.1 Å². The Morgan fingerprint density at radius 1 is 0.844 bits per heavy atom. The molecule has 7 nitrogen and oxygen atoms in total. The van der Waals surface area contributed by atoms with Crippen LogP contribution in [0, 0.1) is 0 Å². The Labute approximate surface area is 200 Å². The number of nitrogens with zero attached hydrogens (tertiary/aromatic N) is 1. The summed E-state index contributed by atoms with van der Waals surface area (Å²) in [6.07, 6.45) is 0. The van der Waals surface area contributed by atoms with E-state index in [1.165, 1.54) is 45.5 Å². The molecule has 0 fully saturated rings. The molecule has 0 aromatic heterocycles. The maximum atomic E-state index is 12.6. The molecule has 0 aliphatic rings. The van der Waals surface area contributed by atoms with Gasteiger partial charge < -0.3 is 29.6 Å². The number of alkyl halides is 4. The lowest BCUT2D eigenvalue weighted by molar-refractivity contribution is -0.0516. The standard InChI is InChI=1S/C20H23F4N3O4.HI/c1-25-20(26-10-12-4-6-16(29-3)17(8-12)31-19(23)24)27-11-13-9-14(28-2)5-7-15(13)30-18(21)22;/h4-9,18-19H,10-11H2,1-3H3,(H2,25,26,27);1H. The van der Waals surface area contributed by atoms with Crippen LogP contribution in [0.2, 0.25) is 0 Å². The van der Waals surface area contributed by atoms with E-state index in [1.807, 2.05) is 0 Å². The molecule has 2 N–H and O–H groups in total. The molecule has 0 saturated heterocycles. The summed E-state index contributed by atoms with van der Waals surface area (Å²) in [5.74, 6) is 0.910. The number of halogens is 5. The first kappa shape index (κ1) is 27.4. The van der Waals surface area contributed by atoms with Crippen molar-refractivity contribution in [2.75, 3.05) is 21.3 Å². The summed E-state index contributed by atoms with van der Waals surface area (Å²) in [5.41, 5.74) is 1.06. The Morgan fingerprint density at radius 2 is 1.47 bits per heavy atom. The van der Waals surface area contributed by atoms with Gasteiger partial charge in [0.15, 0.2) is 17.5 Å². The zero-order valence-electron chi connectivity index (χ0n) is 17.5. The summed E-state index contributed by atoms with van der Waals surface area (Å²) >= 11 is 0. The van der Waals surface area contributed by atoms with Crippen molar-refractivity contribution >= 4 is 29.9 Å². The van der Waals surface area contributed by atoms with Crippen LogP contribution in [0.15, 0.2) is 41.4 Å². The van der Waals surface area contributed by atoms with Gasteiger partial charge in [0.05, 0.1) is 14.2 Å². The van der Waals surface area contributed by atoms with Crippen molar-refractivity contribution in [2.45, 2.75) is 26.3 Å². The number of aliphatic imine (C=N–C) groups is 1. The molecule has 0 aliphatic carbocycles. The molecule has 12 heteroatoms. The van der Waals surface area contributed by atoms with Gasteiger partial charge in [0, 0.05) is 25.7 Å². The Hall–Kier alpha value is -2.64.